The maximum Gasteiger partial charge on any atom is 0.224 e. The Morgan fingerprint density at radius 3 is 3.00 bits per heavy atom. The Morgan fingerprint density at radius 1 is 1.39 bits per heavy atom. The van der Waals surface area contributed by atoms with Crippen LogP contribution < -0.4 is 5.32 Å². The topological polar surface area (TPSA) is 48.1 Å². The number of carbonyl (C=O) groups excluding carboxylic acids is 1. The summed E-state index contributed by atoms with van der Waals surface area (Å²) >= 11 is 0. The third kappa shape index (κ3) is 2.36. The van der Waals surface area contributed by atoms with Gasteiger partial charge in [0.2, 0.25) is 5.91 Å². The number of hydrogen-bond acceptors (Lipinski definition) is 2. The van der Waals surface area contributed by atoms with Crippen molar-refractivity contribution in [2.24, 2.45) is 5.92 Å². The van der Waals surface area contributed by atoms with Gasteiger partial charge in [-0.3, -0.25) is 4.79 Å². The second-order valence-electron chi connectivity index (χ2n) is 7.50. The highest BCUT2D eigenvalue weighted by atomic mass is 16.2. The van der Waals surface area contributed by atoms with Crippen molar-refractivity contribution >= 4 is 16.8 Å². The number of rotatable bonds is 2. The zero-order valence-electron chi connectivity index (χ0n) is 14.1. The van der Waals surface area contributed by atoms with Crippen molar-refractivity contribution < 1.29 is 4.79 Å². The van der Waals surface area contributed by atoms with Crippen LogP contribution in [0, 0.1) is 5.92 Å². The molecular formula is C19H25N3O. The molecule has 1 aliphatic carbocycles. The summed E-state index contributed by atoms with van der Waals surface area (Å²) in [5.74, 6) is 0.736. The van der Waals surface area contributed by atoms with Crippen LogP contribution in [0.3, 0.4) is 0 Å². The first kappa shape index (κ1) is 14.8. The molecule has 0 saturated carbocycles. The molecule has 0 bridgehead atoms. The molecule has 23 heavy (non-hydrogen) atoms. The molecule has 1 aliphatic heterocycles. The molecule has 122 valence electrons. The quantitative estimate of drug-likeness (QED) is 0.896. The van der Waals surface area contributed by atoms with Crippen LogP contribution in [-0.2, 0) is 11.2 Å². The fraction of sp³-hybridized carbons (Fsp3) is 0.526. The van der Waals surface area contributed by atoms with E-state index in [9.17, 15) is 4.79 Å². The third-order valence-corrected chi connectivity index (χ3v) is 5.53. The zero-order valence-corrected chi connectivity index (χ0v) is 14.1. The number of likely N-dealkylation sites (N-methyl/N-ethyl adjacent to an activating group) is 1. The molecule has 1 saturated heterocycles. The second kappa shape index (κ2) is 5.38. The van der Waals surface area contributed by atoms with Crippen molar-refractivity contribution in [3.8, 4) is 0 Å². The number of likely N-dealkylation sites (tertiary alicyclic amines) is 1. The lowest BCUT2D eigenvalue weighted by Crippen LogP contribution is -2.52. The van der Waals surface area contributed by atoms with Crippen LogP contribution in [0.25, 0.3) is 10.9 Å². The smallest absolute Gasteiger partial charge is 0.224 e. The highest BCUT2D eigenvalue weighted by Gasteiger charge is 2.41. The zero-order chi connectivity index (χ0) is 16.1. The average Bonchev–Trinajstić information content (AvgIpc) is 2.92. The lowest BCUT2D eigenvalue weighted by atomic mass is 9.72. The fourth-order valence-corrected chi connectivity index (χ4v) is 4.53. The van der Waals surface area contributed by atoms with Gasteiger partial charge in [-0.1, -0.05) is 12.1 Å². The van der Waals surface area contributed by atoms with Crippen molar-refractivity contribution in [1.82, 2.24) is 15.2 Å². The first-order chi connectivity index (χ1) is 11.0. The maximum absolute atomic E-state index is 12.5. The van der Waals surface area contributed by atoms with E-state index in [0.29, 0.717) is 12.0 Å². The largest absolute Gasteiger partial charge is 0.361 e. The number of carbonyl (C=O) groups is 1. The second-order valence-corrected chi connectivity index (χ2v) is 7.50. The highest BCUT2D eigenvalue weighted by Crippen LogP contribution is 2.44. The first-order valence-corrected chi connectivity index (χ1v) is 8.64. The monoisotopic (exact) mass is 311 g/mol. The number of hydrogen-bond donors (Lipinski definition) is 2. The first-order valence-electron chi connectivity index (χ1n) is 8.64. The average molecular weight is 311 g/mol. The molecule has 2 heterocycles. The van der Waals surface area contributed by atoms with Crippen molar-refractivity contribution in [3.63, 3.8) is 0 Å². The summed E-state index contributed by atoms with van der Waals surface area (Å²) in [7, 11) is 2.17. The van der Waals surface area contributed by atoms with Gasteiger partial charge in [-0.05, 0) is 50.9 Å². The molecule has 2 aliphatic rings. The number of amides is 1. The summed E-state index contributed by atoms with van der Waals surface area (Å²) in [4.78, 5) is 18.3. The van der Waals surface area contributed by atoms with Crippen molar-refractivity contribution in [2.75, 3.05) is 13.6 Å². The lowest BCUT2D eigenvalue weighted by molar-refractivity contribution is -0.128. The summed E-state index contributed by atoms with van der Waals surface area (Å²) in [6.07, 6.45) is 4.20. The van der Waals surface area contributed by atoms with Crippen LogP contribution in [0.1, 0.15) is 37.3 Å². The molecule has 3 unspecified atom stereocenters. The van der Waals surface area contributed by atoms with Gasteiger partial charge in [-0.15, -0.1) is 0 Å². The van der Waals surface area contributed by atoms with E-state index < -0.39 is 0 Å². The number of benzene rings is 1. The summed E-state index contributed by atoms with van der Waals surface area (Å²) in [6.45, 7) is 4.91. The van der Waals surface area contributed by atoms with Gasteiger partial charge >= 0.3 is 0 Å². The Balaban J connectivity index is 1.69. The fourth-order valence-electron chi connectivity index (χ4n) is 4.53. The molecule has 1 amide bonds. The molecule has 2 N–H and O–H groups in total. The van der Waals surface area contributed by atoms with Gasteiger partial charge in [0.1, 0.15) is 0 Å². The predicted molar refractivity (Wildman–Crippen MR) is 92.5 cm³/mol. The van der Waals surface area contributed by atoms with E-state index in [1.807, 2.05) is 13.8 Å². The standard InChI is InChI=1S/C19H25N3O/c1-11(2)21-19(23)13-7-15-14-5-4-6-16-18(14)12(9-20-16)8-17(15)22(3)10-13/h4-6,9,11,13,15,17,20H,7-8,10H2,1-3H3,(H,21,23). The number of aromatic amines is 1. The van der Waals surface area contributed by atoms with Gasteiger partial charge in [0.25, 0.3) is 0 Å². The van der Waals surface area contributed by atoms with Gasteiger partial charge in [0.15, 0.2) is 0 Å². The predicted octanol–water partition coefficient (Wildman–Crippen LogP) is 2.65. The van der Waals surface area contributed by atoms with E-state index in [1.165, 1.54) is 22.0 Å². The molecule has 2 aromatic rings. The van der Waals surface area contributed by atoms with Crippen LogP contribution in [0.4, 0.5) is 0 Å². The molecule has 4 nitrogen and oxygen atoms in total. The minimum atomic E-state index is 0.0828. The molecule has 1 fully saturated rings. The summed E-state index contributed by atoms with van der Waals surface area (Å²) in [6, 6.07) is 7.26. The minimum Gasteiger partial charge on any atom is -0.361 e. The van der Waals surface area contributed by atoms with E-state index in [-0.39, 0.29) is 17.9 Å². The SMILES string of the molecule is CC(C)NC(=O)C1CC2c3cccc4[nH]cc(c34)CC2N(C)C1. The number of fused-ring (bicyclic) bond motifs is 2. The van der Waals surface area contributed by atoms with Gasteiger partial charge < -0.3 is 15.2 Å². The van der Waals surface area contributed by atoms with Gasteiger partial charge in [0.05, 0.1) is 5.92 Å². The molecule has 3 atom stereocenters. The van der Waals surface area contributed by atoms with E-state index in [1.54, 1.807) is 0 Å². The van der Waals surface area contributed by atoms with Gasteiger partial charge in [-0.2, -0.15) is 0 Å². The number of aromatic nitrogens is 1. The van der Waals surface area contributed by atoms with Gasteiger partial charge in [0, 0.05) is 41.6 Å². The number of nitrogens with zero attached hydrogens (tertiary/aromatic N) is 1. The van der Waals surface area contributed by atoms with Crippen LogP contribution in [0.2, 0.25) is 0 Å². The van der Waals surface area contributed by atoms with E-state index in [0.717, 1.165) is 19.4 Å². The van der Waals surface area contributed by atoms with Crippen LogP contribution in [0.5, 0.6) is 0 Å². The van der Waals surface area contributed by atoms with Crippen LogP contribution in [0.15, 0.2) is 24.4 Å². The number of H-pyrrole nitrogens is 1. The molecule has 4 rings (SSSR count). The van der Waals surface area contributed by atoms with Gasteiger partial charge in [-0.25, -0.2) is 0 Å². The van der Waals surface area contributed by atoms with Crippen molar-refractivity contribution in [3.05, 3.63) is 35.5 Å². The summed E-state index contributed by atoms with van der Waals surface area (Å²) in [5.41, 5.74) is 4.07. The van der Waals surface area contributed by atoms with Crippen LogP contribution >= 0.6 is 0 Å². The molecule has 1 aromatic carbocycles. The van der Waals surface area contributed by atoms with E-state index >= 15 is 0 Å². The normalized spacial score (nSPS) is 27.2. The maximum atomic E-state index is 12.5. The van der Waals surface area contributed by atoms with Crippen LogP contribution in [-0.4, -0.2) is 41.5 Å². The Bertz CT molecular complexity index is 748. The number of nitrogens with one attached hydrogen (secondary N) is 2. The molecule has 4 heteroatoms. The Hall–Kier alpha value is -1.81. The molecule has 1 aromatic heterocycles. The Morgan fingerprint density at radius 2 is 2.22 bits per heavy atom. The number of piperidine rings is 1. The lowest BCUT2D eigenvalue weighted by Gasteiger charge is -2.45. The highest BCUT2D eigenvalue weighted by molar-refractivity contribution is 5.88. The molecule has 0 radical (unpaired) electrons. The van der Waals surface area contributed by atoms with Crippen molar-refractivity contribution in [1.29, 1.82) is 0 Å². The molecule has 0 spiro atoms. The summed E-state index contributed by atoms with van der Waals surface area (Å²) in [5, 5.41) is 4.49. The van der Waals surface area contributed by atoms with E-state index in [2.05, 4.69) is 46.6 Å². The Kier molecular flexibility index (Phi) is 3.45. The van der Waals surface area contributed by atoms with Crippen molar-refractivity contribution in [2.45, 2.75) is 44.7 Å². The Labute approximate surface area is 137 Å². The summed E-state index contributed by atoms with van der Waals surface area (Å²) < 4.78 is 0. The molecular weight excluding hydrogens is 286 g/mol. The third-order valence-electron chi connectivity index (χ3n) is 5.53. The van der Waals surface area contributed by atoms with E-state index in [4.69, 9.17) is 0 Å². The minimum absolute atomic E-state index is 0.0828.